The van der Waals surface area contributed by atoms with Crippen LogP contribution in [0.3, 0.4) is 0 Å². The van der Waals surface area contributed by atoms with Crippen LogP contribution >= 0.6 is 11.8 Å². The van der Waals surface area contributed by atoms with Crippen LogP contribution in [0.2, 0.25) is 0 Å². The van der Waals surface area contributed by atoms with Gasteiger partial charge in [-0.15, -0.1) is 0 Å². The normalized spacial score (nSPS) is 49.0. The Kier molecular flexibility index (Phi) is 3.71. The molecule has 6 unspecified atom stereocenters. The van der Waals surface area contributed by atoms with Gasteiger partial charge in [0.15, 0.2) is 0 Å². The van der Waals surface area contributed by atoms with E-state index in [-0.39, 0.29) is 17.6 Å². The van der Waals surface area contributed by atoms with E-state index in [2.05, 4.69) is 5.32 Å². The summed E-state index contributed by atoms with van der Waals surface area (Å²) in [6.07, 6.45) is 6.73. The van der Waals surface area contributed by atoms with E-state index in [1.54, 1.807) is 0 Å². The van der Waals surface area contributed by atoms with E-state index in [4.69, 9.17) is 4.74 Å². The van der Waals surface area contributed by atoms with Crippen molar-refractivity contribution in [1.82, 2.24) is 5.32 Å². The van der Waals surface area contributed by atoms with Crippen molar-refractivity contribution in [2.45, 2.75) is 56.2 Å². The van der Waals surface area contributed by atoms with Gasteiger partial charge >= 0.3 is 5.97 Å². The molecular weight excluding hydrogens is 286 g/mol. The third kappa shape index (κ3) is 2.51. The highest BCUT2D eigenvalue weighted by atomic mass is 32.2. The Bertz CT molecular complexity index is 424. The van der Waals surface area contributed by atoms with Gasteiger partial charge in [0.2, 0.25) is 0 Å². The quantitative estimate of drug-likeness (QED) is 0.836. The van der Waals surface area contributed by atoms with E-state index in [9.17, 15) is 9.90 Å². The first kappa shape index (κ1) is 14.3. The Morgan fingerprint density at radius 2 is 2.14 bits per heavy atom. The van der Waals surface area contributed by atoms with E-state index in [1.165, 1.54) is 12.2 Å². The zero-order valence-electron chi connectivity index (χ0n) is 12.4. The summed E-state index contributed by atoms with van der Waals surface area (Å²) in [7, 11) is 0. The molecule has 0 aromatic heterocycles. The largest absolute Gasteiger partial charge is 0.481 e. The van der Waals surface area contributed by atoms with E-state index < -0.39 is 5.97 Å². The maximum Gasteiger partial charge on any atom is 0.308 e. The SMILES string of the molecule is O=C(O)C1C2CCC(C2)C1NC1CCOC2(CCSC2)C1. The fraction of sp³-hybridized carbons (Fsp3) is 0.938. The molecule has 2 N–H and O–H groups in total. The Hall–Kier alpha value is -0.260. The number of thioether (sulfide) groups is 1. The third-order valence-corrected chi connectivity index (χ3v) is 7.41. The van der Waals surface area contributed by atoms with Crippen molar-refractivity contribution in [2.75, 3.05) is 18.1 Å². The van der Waals surface area contributed by atoms with Gasteiger partial charge in [-0.25, -0.2) is 0 Å². The Morgan fingerprint density at radius 1 is 1.29 bits per heavy atom. The lowest BCUT2D eigenvalue weighted by Gasteiger charge is -2.41. The highest BCUT2D eigenvalue weighted by Gasteiger charge is 2.52. The van der Waals surface area contributed by atoms with Gasteiger partial charge in [-0.3, -0.25) is 4.79 Å². The van der Waals surface area contributed by atoms with Crippen LogP contribution in [0, 0.1) is 17.8 Å². The number of nitrogens with one attached hydrogen (secondary N) is 1. The second kappa shape index (κ2) is 5.43. The standard InChI is InChI=1S/C16H25NO3S/c18-15(19)13-10-1-2-11(7-10)14(13)17-12-3-5-20-16(8-12)4-6-21-9-16/h10-14,17H,1-9H2,(H,18,19). The lowest BCUT2D eigenvalue weighted by molar-refractivity contribution is -0.144. The van der Waals surface area contributed by atoms with Crippen molar-refractivity contribution in [1.29, 1.82) is 0 Å². The maximum atomic E-state index is 11.6. The predicted octanol–water partition coefficient (Wildman–Crippen LogP) is 2.13. The Labute approximate surface area is 130 Å². The molecule has 2 aliphatic heterocycles. The first-order chi connectivity index (χ1) is 10.2. The van der Waals surface area contributed by atoms with E-state index >= 15 is 0 Å². The van der Waals surface area contributed by atoms with Gasteiger partial charge in [0.05, 0.1) is 11.5 Å². The highest BCUT2D eigenvalue weighted by Crippen LogP contribution is 2.49. The van der Waals surface area contributed by atoms with Crippen molar-refractivity contribution in [3.63, 3.8) is 0 Å². The molecule has 0 radical (unpaired) electrons. The summed E-state index contributed by atoms with van der Waals surface area (Å²) < 4.78 is 6.08. The van der Waals surface area contributed by atoms with Crippen molar-refractivity contribution in [3.8, 4) is 0 Å². The minimum Gasteiger partial charge on any atom is -0.481 e. The van der Waals surface area contributed by atoms with Crippen molar-refractivity contribution in [3.05, 3.63) is 0 Å². The van der Waals surface area contributed by atoms with Gasteiger partial charge in [0.1, 0.15) is 0 Å². The van der Waals surface area contributed by atoms with E-state index in [0.717, 1.165) is 44.5 Å². The van der Waals surface area contributed by atoms with Gasteiger partial charge < -0.3 is 15.2 Å². The highest BCUT2D eigenvalue weighted by molar-refractivity contribution is 7.99. The Morgan fingerprint density at radius 3 is 2.90 bits per heavy atom. The van der Waals surface area contributed by atoms with Crippen molar-refractivity contribution >= 4 is 17.7 Å². The predicted molar refractivity (Wildman–Crippen MR) is 82.5 cm³/mol. The van der Waals surface area contributed by atoms with Gasteiger partial charge in [-0.1, -0.05) is 0 Å². The van der Waals surface area contributed by atoms with Crippen LogP contribution in [0.25, 0.3) is 0 Å². The van der Waals surface area contributed by atoms with Gasteiger partial charge in [-0.05, 0) is 56.1 Å². The van der Waals surface area contributed by atoms with Crippen LogP contribution in [0.5, 0.6) is 0 Å². The number of carbonyl (C=O) groups is 1. The number of ether oxygens (including phenoxy) is 1. The molecule has 4 fully saturated rings. The maximum absolute atomic E-state index is 11.6. The van der Waals surface area contributed by atoms with Gasteiger partial charge in [0, 0.05) is 24.4 Å². The zero-order chi connectivity index (χ0) is 14.4. The average Bonchev–Trinajstić information content (AvgIpc) is 3.15. The van der Waals surface area contributed by atoms with E-state index in [1.807, 2.05) is 11.8 Å². The molecule has 118 valence electrons. The third-order valence-electron chi connectivity index (χ3n) is 6.19. The molecule has 0 amide bonds. The van der Waals surface area contributed by atoms with Crippen molar-refractivity contribution in [2.24, 2.45) is 17.8 Å². The molecule has 0 aromatic rings. The molecule has 2 saturated heterocycles. The summed E-state index contributed by atoms with van der Waals surface area (Å²) in [6, 6.07) is 0.652. The minimum absolute atomic E-state index is 0.0803. The molecule has 1 spiro atoms. The molecule has 4 rings (SSSR count). The fourth-order valence-corrected chi connectivity index (χ4v) is 6.57. The van der Waals surface area contributed by atoms with Crippen LogP contribution in [0.1, 0.15) is 38.5 Å². The molecule has 6 atom stereocenters. The van der Waals surface area contributed by atoms with E-state index in [0.29, 0.717) is 17.9 Å². The topological polar surface area (TPSA) is 58.6 Å². The first-order valence-electron chi connectivity index (χ1n) is 8.37. The minimum atomic E-state index is -0.585. The number of carboxylic acid groups (broad SMARTS) is 1. The summed E-state index contributed by atoms with van der Waals surface area (Å²) in [6.45, 7) is 0.830. The number of rotatable bonds is 3. The summed E-state index contributed by atoms with van der Waals surface area (Å²) in [5.74, 6) is 2.59. The summed E-state index contributed by atoms with van der Waals surface area (Å²) in [4.78, 5) is 11.6. The number of hydrogen-bond donors (Lipinski definition) is 2. The summed E-state index contributed by atoms with van der Waals surface area (Å²) in [5.41, 5.74) is 0.0803. The number of hydrogen-bond acceptors (Lipinski definition) is 4. The molecule has 0 aromatic carbocycles. The molecule has 21 heavy (non-hydrogen) atoms. The van der Waals surface area contributed by atoms with Gasteiger partial charge in [0.25, 0.3) is 0 Å². The molecule has 5 heteroatoms. The fourth-order valence-electron chi connectivity index (χ4n) is 5.19. The second-order valence-corrected chi connectivity index (χ2v) is 8.52. The molecule has 2 heterocycles. The molecule has 2 aliphatic carbocycles. The van der Waals surface area contributed by atoms with Crippen LogP contribution in [0.15, 0.2) is 0 Å². The number of aliphatic carboxylic acids is 1. The molecule has 2 bridgehead atoms. The molecule has 4 aliphatic rings. The molecular formula is C16H25NO3S. The second-order valence-electron chi connectivity index (χ2n) is 7.41. The molecule has 2 saturated carbocycles. The van der Waals surface area contributed by atoms with Crippen LogP contribution in [0.4, 0.5) is 0 Å². The van der Waals surface area contributed by atoms with Crippen molar-refractivity contribution < 1.29 is 14.6 Å². The summed E-state index contributed by atoms with van der Waals surface area (Å²) >= 11 is 1.99. The van der Waals surface area contributed by atoms with Crippen LogP contribution in [-0.2, 0) is 9.53 Å². The smallest absolute Gasteiger partial charge is 0.308 e. The number of fused-ring (bicyclic) bond motifs is 2. The lowest BCUT2D eigenvalue weighted by atomic mass is 9.82. The Balaban J connectivity index is 1.44. The monoisotopic (exact) mass is 311 g/mol. The lowest BCUT2D eigenvalue weighted by Crippen LogP contribution is -2.54. The number of carboxylic acids is 1. The van der Waals surface area contributed by atoms with Crippen LogP contribution in [-0.4, -0.2) is 46.9 Å². The average molecular weight is 311 g/mol. The first-order valence-corrected chi connectivity index (χ1v) is 9.53. The molecule has 4 nitrogen and oxygen atoms in total. The summed E-state index contributed by atoms with van der Waals surface area (Å²) in [5, 5.41) is 13.3. The van der Waals surface area contributed by atoms with Gasteiger partial charge in [-0.2, -0.15) is 11.8 Å². The zero-order valence-corrected chi connectivity index (χ0v) is 13.2. The van der Waals surface area contributed by atoms with Crippen LogP contribution < -0.4 is 5.32 Å².